The van der Waals surface area contributed by atoms with E-state index in [1.807, 2.05) is 0 Å². The van der Waals surface area contributed by atoms with Gasteiger partial charge in [-0.2, -0.15) is 11.8 Å². The smallest absolute Gasteiger partial charge is 0.0719 e. The van der Waals surface area contributed by atoms with Crippen molar-refractivity contribution in [2.45, 2.75) is 95.8 Å². The quantitative estimate of drug-likeness (QED) is 0.116. The standard InChI is InChI=1S/C31H32O.C23H30S/c1-25-15-13-14-16-26(25)23-32-24-30(2,27-17-7-4-8-18-27)31(3,28-19-9-5-10-20-28)29-21-11-6-12-22-29;1-19-11-7-8-12-20(19)17-24-18-22(2)15-9-10-16-23(22,3)21-13-5-4-6-14-21/h4-22H,23-24H2,1-3H3;4-8,11-14H,9-10,15-18H2,1-3H3/t30-;22-,23+/m10/s1. The Morgan fingerprint density at radius 2 is 0.982 bits per heavy atom. The van der Waals surface area contributed by atoms with Gasteiger partial charge in [-0.15, -0.1) is 0 Å². The number of hydrogen-bond donors (Lipinski definition) is 0. The van der Waals surface area contributed by atoms with Crippen molar-refractivity contribution in [1.82, 2.24) is 0 Å². The SMILES string of the molecule is Cc1ccccc1COC[C@](C)(c1ccccc1)C(C)(c1ccccc1)c1ccccc1.Cc1ccccc1CSC[C@]1(C)CCCC[C@]1(C)c1ccccc1. The van der Waals surface area contributed by atoms with Gasteiger partial charge in [-0.05, 0) is 87.8 Å². The molecular weight excluding hydrogens is 697 g/mol. The number of hydrogen-bond acceptors (Lipinski definition) is 2. The zero-order valence-electron chi connectivity index (χ0n) is 34.6. The summed E-state index contributed by atoms with van der Waals surface area (Å²) in [6, 6.07) is 61.0. The Bertz CT molecular complexity index is 2040. The average molecular weight is 759 g/mol. The second-order valence-electron chi connectivity index (χ2n) is 16.9. The highest BCUT2D eigenvalue weighted by Gasteiger charge is 2.49. The molecule has 1 aliphatic rings. The Labute approximate surface area is 343 Å². The molecule has 6 aromatic carbocycles. The monoisotopic (exact) mass is 758 g/mol. The maximum absolute atomic E-state index is 6.51. The second-order valence-corrected chi connectivity index (χ2v) is 17.8. The van der Waals surface area contributed by atoms with E-state index in [1.165, 1.54) is 75.9 Å². The van der Waals surface area contributed by atoms with Crippen molar-refractivity contribution in [2.24, 2.45) is 5.41 Å². The lowest BCUT2D eigenvalue weighted by Crippen LogP contribution is -2.49. The van der Waals surface area contributed by atoms with Gasteiger partial charge in [0.2, 0.25) is 0 Å². The molecule has 0 amide bonds. The van der Waals surface area contributed by atoms with Gasteiger partial charge in [0.05, 0.1) is 13.2 Å². The molecule has 0 aromatic heterocycles. The van der Waals surface area contributed by atoms with Crippen molar-refractivity contribution < 1.29 is 4.74 Å². The highest BCUT2D eigenvalue weighted by molar-refractivity contribution is 7.98. The van der Waals surface area contributed by atoms with Crippen LogP contribution in [0, 0.1) is 19.3 Å². The highest BCUT2D eigenvalue weighted by Crippen LogP contribution is 2.54. The summed E-state index contributed by atoms with van der Waals surface area (Å²) in [5.74, 6) is 2.37. The van der Waals surface area contributed by atoms with Crippen LogP contribution in [0.3, 0.4) is 0 Å². The fraction of sp³-hybridized carbons (Fsp3) is 0.333. The van der Waals surface area contributed by atoms with Gasteiger partial charge < -0.3 is 4.74 Å². The average Bonchev–Trinajstić information content (AvgIpc) is 3.24. The Morgan fingerprint density at radius 3 is 1.52 bits per heavy atom. The Balaban J connectivity index is 0.000000198. The van der Waals surface area contributed by atoms with E-state index in [0.717, 1.165) is 5.75 Å². The maximum atomic E-state index is 6.51. The lowest BCUT2D eigenvalue weighted by atomic mass is 9.56. The van der Waals surface area contributed by atoms with Crippen LogP contribution < -0.4 is 0 Å². The predicted molar refractivity (Wildman–Crippen MR) is 242 cm³/mol. The molecular formula is C54H62OS. The summed E-state index contributed by atoms with van der Waals surface area (Å²) in [6.07, 6.45) is 5.41. The van der Waals surface area contributed by atoms with E-state index in [4.69, 9.17) is 4.74 Å². The zero-order valence-corrected chi connectivity index (χ0v) is 35.5. The molecule has 0 spiro atoms. The van der Waals surface area contributed by atoms with Crippen molar-refractivity contribution in [3.8, 4) is 0 Å². The van der Waals surface area contributed by atoms with E-state index < -0.39 is 0 Å². The molecule has 0 heterocycles. The predicted octanol–water partition coefficient (Wildman–Crippen LogP) is 14.2. The summed E-state index contributed by atoms with van der Waals surface area (Å²) in [6.45, 7) is 15.3. The van der Waals surface area contributed by atoms with E-state index in [9.17, 15) is 0 Å². The fourth-order valence-electron chi connectivity index (χ4n) is 9.07. The summed E-state index contributed by atoms with van der Waals surface area (Å²) in [7, 11) is 0. The summed E-state index contributed by atoms with van der Waals surface area (Å²) in [5.41, 5.74) is 10.9. The molecule has 2 heteroatoms. The van der Waals surface area contributed by atoms with Crippen LogP contribution in [-0.2, 0) is 33.3 Å². The van der Waals surface area contributed by atoms with Gasteiger partial charge in [0.15, 0.2) is 0 Å². The molecule has 1 nitrogen and oxygen atoms in total. The number of aryl methyl sites for hydroxylation is 2. The fourth-order valence-corrected chi connectivity index (χ4v) is 10.6. The van der Waals surface area contributed by atoms with Gasteiger partial charge in [-0.1, -0.05) is 210 Å². The van der Waals surface area contributed by atoms with Crippen LogP contribution in [0.5, 0.6) is 0 Å². The van der Waals surface area contributed by atoms with Gasteiger partial charge in [-0.25, -0.2) is 0 Å². The third-order valence-corrected chi connectivity index (χ3v) is 14.8. The van der Waals surface area contributed by atoms with Crippen LogP contribution >= 0.6 is 11.8 Å². The number of rotatable bonds is 13. The van der Waals surface area contributed by atoms with Gasteiger partial charge in [0, 0.05) is 16.6 Å². The minimum Gasteiger partial charge on any atom is -0.376 e. The first-order valence-corrected chi connectivity index (χ1v) is 21.7. The molecule has 6 aromatic rings. The van der Waals surface area contributed by atoms with Gasteiger partial charge in [-0.3, -0.25) is 0 Å². The molecule has 7 rings (SSSR count). The normalized spacial score (nSPS) is 19.3. The summed E-state index contributed by atoms with van der Waals surface area (Å²) < 4.78 is 6.51. The first-order chi connectivity index (χ1) is 27.1. The van der Waals surface area contributed by atoms with E-state index in [-0.39, 0.29) is 10.8 Å². The summed E-state index contributed by atoms with van der Waals surface area (Å²) in [5, 5.41) is 0. The van der Waals surface area contributed by atoms with E-state index in [0.29, 0.717) is 24.0 Å². The molecule has 0 aliphatic heterocycles. The van der Waals surface area contributed by atoms with Crippen LogP contribution in [-0.4, -0.2) is 12.4 Å². The Morgan fingerprint density at radius 1 is 0.536 bits per heavy atom. The molecule has 3 atom stereocenters. The molecule has 1 saturated carbocycles. The van der Waals surface area contributed by atoms with Crippen LogP contribution in [0.4, 0.5) is 0 Å². The maximum Gasteiger partial charge on any atom is 0.0719 e. The van der Waals surface area contributed by atoms with Crippen molar-refractivity contribution >= 4 is 11.8 Å². The molecule has 0 saturated heterocycles. The van der Waals surface area contributed by atoms with Crippen LogP contribution in [0.25, 0.3) is 0 Å². The lowest BCUT2D eigenvalue weighted by Gasteiger charge is -2.51. The van der Waals surface area contributed by atoms with Crippen LogP contribution in [0.2, 0.25) is 0 Å². The molecule has 56 heavy (non-hydrogen) atoms. The topological polar surface area (TPSA) is 9.23 Å². The minimum absolute atomic E-state index is 0.289. The highest BCUT2D eigenvalue weighted by atomic mass is 32.2. The molecule has 1 aliphatic carbocycles. The zero-order chi connectivity index (χ0) is 39.5. The lowest BCUT2D eigenvalue weighted by molar-refractivity contribution is 0.0523. The van der Waals surface area contributed by atoms with Crippen LogP contribution in [0.1, 0.15) is 97.9 Å². The Kier molecular flexibility index (Phi) is 13.8. The van der Waals surface area contributed by atoms with Crippen LogP contribution in [0.15, 0.2) is 170 Å². The summed E-state index contributed by atoms with van der Waals surface area (Å²) >= 11 is 2.12. The van der Waals surface area contributed by atoms with Gasteiger partial charge in [0.25, 0.3) is 0 Å². The van der Waals surface area contributed by atoms with Crippen molar-refractivity contribution in [3.63, 3.8) is 0 Å². The van der Waals surface area contributed by atoms with E-state index >= 15 is 0 Å². The second kappa shape index (κ2) is 18.7. The molecule has 0 bridgehead atoms. The molecule has 1 fully saturated rings. The van der Waals surface area contributed by atoms with Gasteiger partial charge in [0.1, 0.15) is 0 Å². The number of benzene rings is 6. The summed E-state index contributed by atoms with van der Waals surface area (Å²) in [4.78, 5) is 0. The van der Waals surface area contributed by atoms with Crippen molar-refractivity contribution in [3.05, 3.63) is 214 Å². The Hall–Kier alpha value is -4.37. The van der Waals surface area contributed by atoms with Gasteiger partial charge >= 0.3 is 0 Å². The van der Waals surface area contributed by atoms with Crippen molar-refractivity contribution in [2.75, 3.05) is 12.4 Å². The molecule has 0 unspecified atom stereocenters. The molecule has 290 valence electrons. The third-order valence-electron chi connectivity index (χ3n) is 13.5. The first-order valence-electron chi connectivity index (χ1n) is 20.6. The molecule has 0 radical (unpaired) electrons. The molecule has 0 N–H and O–H groups in total. The number of thioether (sulfide) groups is 1. The minimum atomic E-state index is -0.292. The number of ether oxygens (including phenoxy) is 1. The van der Waals surface area contributed by atoms with E-state index in [2.05, 4.69) is 223 Å². The van der Waals surface area contributed by atoms with E-state index in [1.54, 1.807) is 0 Å². The largest absolute Gasteiger partial charge is 0.376 e. The first kappa shape index (κ1) is 41.3. The van der Waals surface area contributed by atoms with Crippen molar-refractivity contribution in [1.29, 1.82) is 0 Å². The third kappa shape index (κ3) is 8.93.